The SMILES string of the molecule is CCCOc1ccc(CNC(=O)C2CCCNC2)c(OC(F)F)c1.Cl. The van der Waals surface area contributed by atoms with Crippen LogP contribution in [0, 0.1) is 5.92 Å². The van der Waals surface area contributed by atoms with E-state index in [2.05, 4.69) is 15.4 Å². The van der Waals surface area contributed by atoms with E-state index in [1.165, 1.54) is 6.07 Å². The van der Waals surface area contributed by atoms with Gasteiger partial charge in [0, 0.05) is 24.7 Å². The highest BCUT2D eigenvalue weighted by molar-refractivity contribution is 5.85. The van der Waals surface area contributed by atoms with Gasteiger partial charge in [-0.2, -0.15) is 8.78 Å². The lowest BCUT2D eigenvalue weighted by Crippen LogP contribution is -2.40. The third-order valence-electron chi connectivity index (χ3n) is 3.85. The molecule has 5 nitrogen and oxygen atoms in total. The van der Waals surface area contributed by atoms with Gasteiger partial charge in [-0.3, -0.25) is 4.79 Å². The van der Waals surface area contributed by atoms with Crippen LogP contribution in [0.15, 0.2) is 18.2 Å². The van der Waals surface area contributed by atoms with Gasteiger partial charge in [0.05, 0.1) is 12.5 Å². The molecule has 2 rings (SSSR count). The van der Waals surface area contributed by atoms with Gasteiger partial charge in [-0.25, -0.2) is 0 Å². The molecule has 0 spiro atoms. The molecule has 0 saturated carbocycles. The molecule has 1 atom stereocenters. The summed E-state index contributed by atoms with van der Waals surface area (Å²) >= 11 is 0. The van der Waals surface area contributed by atoms with Crippen LogP contribution in [0.25, 0.3) is 0 Å². The molecule has 1 unspecified atom stereocenters. The van der Waals surface area contributed by atoms with Crippen molar-refractivity contribution < 1.29 is 23.0 Å². The second-order valence-electron chi connectivity index (χ2n) is 5.76. The van der Waals surface area contributed by atoms with E-state index in [-0.39, 0.29) is 36.5 Å². The fourth-order valence-electron chi connectivity index (χ4n) is 2.60. The molecule has 1 fully saturated rings. The van der Waals surface area contributed by atoms with E-state index in [1.54, 1.807) is 12.1 Å². The van der Waals surface area contributed by atoms with Crippen LogP contribution in [0.1, 0.15) is 31.7 Å². The molecule has 2 N–H and O–H groups in total. The smallest absolute Gasteiger partial charge is 0.387 e. The van der Waals surface area contributed by atoms with Crippen LogP contribution in [0.5, 0.6) is 11.5 Å². The van der Waals surface area contributed by atoms with E-state index in [1.807, 2.05) is 6.92 Å². The molecule has 0 aromatic heterocycles. The zero-order chi connectivity index (χ0) is 17.4. The zero-order valence-corrected chi connectivity index (χ0v) is 15.0. The summed E-state index contributed by atoms with van der Waals surface area (Å²) in [6.45, 7) is 1.25. The van der Waals surface area contributed by atoms with Crippen LogP contribution in [-0.2, 0) is 11.3 Å². The third kappa shape index (κ3) is 7.04. The Labute approximate surface area is 152 Å². The maximum atomic E-state index is 12.6. The summed E-state index contributed by atoms with van der Waals surface area (Å²) in [4.78, 5) is 12.1. The van der Waals surface area contributed by atoms with Crippen LogP contribution in [0.4, 0.5) is 8.78 Å². The van der Waals surface area contributed by atoms with Crippen LogP contribution >= 0.6 is 12.4 Å². The van der Waals surface area contributed by atoms with Gasteiger partial charge in [-0.15, -0.1) is 12.4 Å². The summed E-state index contributed by atoms with van der Waals surface area (Å²) in [6.07, 6.45) is 2.61. The predicted octanol–water partition coefficient (Wildman–Crippen LogP) is 3.11. The Morgan fingerprint density at radius 2 is 2.24 bits per heavy atom. The highest BCUT2D eigenvalue weighted by Crippen LogP contribution is 2.27. The first-order valence-corrected chi connectivity index (χ1v) is 8.29. The summed E-state index contributed by atoms with van der Waals surface area (Å²) in [5.41, 5.74) is 0.497. The lowest BCUT2D eigenvalue weighted by atomic mass is 9.99. The number of hydrogen-bond donors (Lipinski definition) is 2. The van der Waals surface area contributed by atoms with Crippen molar-refractivity contribution in [2.45, 2.75) is 39.3 Å². The Kier molecular flexibility index (Phi) is 9.52. The molecule has 1 aliphatic rings. The first-order valence-electron chi connectivity index (χ1n) is 8.29. The second kappa shape index (κ2) is 11.1. The average Bonchev–Trinajstić information content (AvgIpc) is 2.59. The van der Waals surface area contributed by atoms with E-state index >= 15 is 0 Å². The van der Waals surface area contributed by atoms with E-state index in [0.717, 1.165) is 25.8 Å². The van der Waals surface area contributed by atoms with Crippen molar-refractivity contribution in [3.05, 3.63) is 23.8 Å². The minimum Gasteiger partial charge on any atom is -0.493 e. The van der Waals surface area contributed by atoms with Gasteiger partial charge >= 0.3 is 6.61 Å². The highest BCUT2D eigenvalue weighted by atomic mass is 35.5. The van der Waals surface area contributed by atoms with Gasteiger partial charge in [0.2, 0.25) is 5.91 Å². The van der Waals surface area contributed by atoms with E-state index in [9.17, 15) is 13.6 Å². The summed E-state index contributed by atoms with van der Waals surface area (Å²) in [6, 6.07) is 4.77. The zero-order valence-electron chi connectivity index (χ0n) is 14.2. The molecule has 0 bridgehead atoms. The first kappa shape index (κ1) is 21.4. The Morgan fingerprint density at radius 1 is 1.44 bits per heavy atom. The Hall–Kier alpha value is -1.60. The van der Waals surface area contributed by atoms with E-state index < -0.39 is 6.61 Å². The van der Waals surface area contributed by atoms with Crippen molar-refractivity contribution in [1.82, 2.24) is 10.6 Å². The van der Waals surface area contributed by atoms with Crippen molar-refractivity contribution in [3.8, 4) is 11.5 Å². The Bertz CT molecular complexity index is 541. The van der Waals surface area contributed by atoms with Gasteiger partial charge < -0.3 is 20.1 Å². The molecule has 1 heterocycles. The van der Waals surface area contributed by atoms with Crippen molar-refractivity contribution >= 4 is 18.3 Å². The molecular formula is C17H25ClF2N2O3. The Morgan fingerprint density at radius 3 is 2.88 bits per heavy atom. The van der Waals surface area contributed by atoms with Crippen molar-refractivity contribution in [2.75, 3.05) is 19.7 Å². The van der Waals surface area contributed by atoms with Crippen molar-refractivity contribution in [3.63, 3.8) is 0 Å². The average molecular weight is 379 g/mol. The van der Waals surface area contributed by atoms with E-state index in [4.69, 9.17) is 4.74 Å². The fraction of sp³-hybridized carbons (Fsp3) is 0.588. The summed E-state index contributed by atoms with van der Waals surface area (Å²) < 4.78 is 35.2. The molecule has 1 amide bonds. The fourth-order valence-corrected chi connectivity index (χ4v) is 2.60. The molecule has 142 valence electrons. The molecule has 1 aliphatic heterocycles. The quantitative estimate of drug-likeness (QED) is 0.729. The number of amides is 1. The molecule has 0 aliphatic carbocycles. The van der Waals surface area contributed by atoms with Crippen LogP contribution in [-0.4, -0.2) is 32.2 Å². The second-order valence-corrected chi connectivity index (χ2v) is 5.76. The number of ether oxygens (including phenoxy) is 2. The number of carbonyl (C=O) groups excluding carboxylic acids is 1. The van der Waals surface area contributed by atoms with Gasteiger partial charge in [-0.1, -0.05) is 6.92 Å². The number of rotatable bonds is 8. The van der Waals surface area contributed by atoms with Crippen LogP contribution in [0.2, 0.25) is 0 Å². The summed E-state index contributed by atoms with van der Waals surface area (Å²) in [5, 5.41) is 5.98. The number of alkyl halides is 2. The topological polar surface area (TPSA) is 59.6 Å². The van der Waals surface area contributed by atoms with Gasteiger partial charge in [0.15, 0.2) is 0 Å². The lowest BCUT2D eigenvalue weighted by Gasteiger charge is -2.22. The molecule has 0 radical (unpaired) electrons. The number of halogens is 3. The molecule has 25 heavy (non-hydrogen) atoms. The molecule has 1 aromatic carbocycles. The summed E-state index contributed by atoms with van der Waals surface area (Å²) in [5.74, 6) is 0.349. The van der Waals surface area contributed by atoms with E-state index in [0.29, 0.717) is 24.5 Å². The first-order chi connectivity index (χ1) is 11.6. The Balaban J connectivity index is 0.00000312. The largest absolute Gasteiger partial charge is 0.493 e. The van der Waals surface area contributed by atoms with Crippen LogP contribution in [0.3, 0.4) is 0 Å². The predicted molar refractivity (Wildman–Crippen MR) is 93.5 cm³/mol. The number of piperidine rings is 1. The maximum absolute atomic E-state index is 12.6. The maximum Gasteiger partial charge on any atom is 0.387 e. The third-order valence-corrected chi connectivity index (χ3v) is 3.85. The van der Waals surface area contributed by atoms with Gasteiger partial charge in [0.1, 0.15) is 11.5 Å². The van der Waals surface area contributed by atoms with Crippen molar-refractivity contribution in [1.29, 1.82) is 0 Å². The molecule has 1 saturated heterocycles. The minimum atomic E-state index is -2.93. The van der Waals surface area contributed by atoms with Gasteiger partial charge in [-0.05, 0) is 37.9 Å². The monoisotopic (exact) mass is 378 g/mol. The minimum absolute atomic E-state index is 0. The number of nitrogens with one attached hydrogen (secondary N) is 2. The number of carbonyl (C=O) groups is 1. The normalized spacial score (nSPS) is 16.9. The lowest BCUT2D eigenvalue weighted by molar-refractivity contribution is -0.125. The number of hydrogen-bond acceptors (Lipinski definition) is 4. The highest BCUT2D eigenvalue weighted by Gasteiger charge is 2.21. The molecule has 1 aromatic rings. The standard InChI is InChI=1S/C17H24F2N2O3.ClH/c1-2-8-23-14-6-5-12(15(9-14)24-17(18)19)11-21-16(22)13-4-3-7-20-10-13;/h5-6,9,13,17,20H,2-4,7-8,10-11H2,1H3,(H,21,22);1H. The van der Waals surface area contributed by atoms with Gasteiger partial charge in [0.25, 0.3) is 0 Å². The molecule has 8 heteroatoms. The van der Waals surface area contributed by atoms with Crippen LogP contribution < -0.4 is 20.1 Å². The number of benzene rings is 1. The molecular weight excluding hydrogens is 354 g/mol. The summed E-state index contributed by atoms with van der Waals surface area (Å²) in [7, 11) is 0. The van der Waals surface area contributed by atoms with Crippen molar-refractivity contribution in [2.24, 2.45) is 5.92 Å².